The van der Waals surface area contributed by atoms with Crippen LogP contribution in [0.5, 0.6) is 5.75 Å². The molecule has 3 rings (SSSR count). The lowest BCUT2D eigenvalue weighted by molar-refractivity contribution is -0.0461. The van der Waals surface area contributed by atoms with Gasteiger partial charge in [-0.3, -0.25) is 9.69 Å². The summed E-state index contributed by atoms with van der Waals surface area (Å²) in [6.07, 6.45) is 2.46. The molecule has 0 unspecified atom stereocenters. The number of benzene rings is 1. The van der Waals surface area contributed by atoms with Crippen molar-refractivity contribution in [2.75, 3.05) is 38.6 Å². The average molecular weight is 354 g/mol. The topological polar surface area (TPSA) is 76.8 Å². The maximum atomic E-state index is 12.5. The molecule has 1 aromatic rings. The van der Waals surface area contributed by atoms with Gasteiger partial charge in [0.15, 0.2) is 0 Å². The fraction of sp³-hybridized carbons (Fsp3) is 0.588. The van der Waals surface area contributed by atoms with Crippen molar-refractivity contribution in [3.63, 3.8) is 0 Å². The number of hydrogen-bond donors (Lipinski definition) is 2. The van der Waals surface area contributed by atoms with E-state index in [0.29, 0.717) is 41.2 Å². The molecule has 0 aliphatic carbocycles. The number of fused-ring (bicyclic) bond motifs is 1. The van der Waals surface area contributed by atoms with Crippen LogP contribution in [0.2, 0.25) is 5.02 Å². The Morgan fingerprint density at radius 3 is 3.17 bits per heavy atom. The first-order valence-electron chi connectivity index (χ1n) is 8.44. The predicted molar refractivity (Wildman–Crippen MR) is 93.7 cm³/mol. The van der Waals surface area contributed by atoms with Crippen LogP contribution in [-0.4, -0.2) is 55.8 Å². The third-order valence-electron chi connectivity index (χ3n) is 4.60. The molecule has 2 heterocycles. The summed E-state index contributed by atoms with van der Waals surface area (Å²) in [4.78, 5) is 15.0. The lowest BCUT2D eigenvalue weighted by Crippen LogP contribution is -2.50. The van der Waals surface area contributed by atoms with Crippen molar-refractivity contribution in [2.45, 2.75) is 31.9 Å². The zero-order chi connectivity index (χ0) is 17.1. The Labute approximate surface area is 147 Å². The van der Waals surface area contributed by atoms with E-state index in [1.54, 1.807) is 12.1 Å². The normalized spacial score (nSPS) is 23.8. The molecule has 0 radical (unpaired) electrons. The molecule has 6 nitrogen and oxygen atoms in total. The number of nitrogen functional groups attached to an aromatic ring is 1. The van der Waals surface area contributed by atoms with E-state index in [0.717, 1.165) is 19.7 Å². The molecule has 1 aromatic carbocycles. The lowest BCUT2D eigenvalue weighted by Gasteiger charge is -2.35. The van der Waals surface area contributed by atoms with E-state index in [2.05, 4.69) is 10.2 Å². The van der Waals surface area contributed by atoms with Gasteiger partial charge in [0.05, 0.1) is 35.6 Å². The van der Waals surface area contributed by atoms with Crippen LogP contribution in [-0.2, 0) is 4.74 Å². The maximum Gasteiger partial charge on any atom is 0.255 e. The van der Waals surface area contributed by atoms with Gasteiger partial charge >= 0.3 is 0 Å². The molecule has 0 spiro atoms. The third-order valence-corrected chi connectivity index (χ3v) is 4.92. The Balaban J connectivity index is 1.61. The zero-order valence-electron chi connectivity index (χ0n) is 13.9. The first-order chi connectivity index (χ1) is 11.6. The van der Waals surface area contributed by atoms with Crippen LogP contribution in [0.25, 0.3) is 0 Å². The van der Waals surface area contributed by atoms with Crippen LogP contribution < -0.4 is 15.8 Å². The van der Waals surface area contributed by atoms with Gasteiger partial charge in [0, 0.05) is 25.2 Å². The maximum absolute atomic E-state index is 12.5. The second kappa shape index (κ2) is 7.59. The zero-order valence-corrected chi connectivity index (χ0v) is 14.6. The molecule has 0 bridgehead atoms. The van der Waals surface area contributed by atoms with Gasteiger partial charge in [-0.15, -0.1) is 0 Å². The van der Waals surface area contributed by atoms with E-state index in [1.807, 2.05) is 6.92 Å². The number of ether oxygens (including phenoxy) is 2. The van der Waals surface area contributed by atoms with E-state index in [4.69, 9.17) is 26.8 Å². The molecule has 3 N–H and O–H groups in total. The number of halogens is 1. The van der Waals surface area contributed by atoms with Crippen LogP contribution in [0, 0.1) is 0 Å². The predicted octanol–water partition coefficient (Wildman–Crippen LogP) is 1.91. The monoisotopic (exact) mass is 353 g/mol. The molecule has 1 amide bonds. The summed E-state index contributed by atoms with van der Waals surface area (Å²) in [6.45, 7) is 5.51. The average Bonchev–Trinajstić information content (AvgIpc) is 3.03. The van der Waals surface area contributed by atoms with Crippen LogP contribution in [0.4, 0.5) is 5.69 Å². The minimum absolute atomic E-state index is 0.0168. The van der Waals surface area contributed by atoms with Crippen molar-refractivity contribution >= 4 is 23.2 Å². The molecule has 132 valence electrons. The summed E-state index contributed by atoms with van der Waals surface area (Å²) in [6, 6.07) is 3.69. The molecule has 7 heteroatoms. The summed E-state index contributed by atoms with van der Waals surface area (Å²) in [7, 11) is 0. The number of amides is 1. The van der Waals surface area contributed by atoms with E-state index in [1.165, 1.54) is 12.8 Å². The molecule has 2 atom stereocenters. The number of morpholine rings is 1. The van der Waals surface area contributed by atoms with Crippen molar-refractivity contribution in [1.29, 1.82) is 0 Å². The quantitative estimate of drug-likeness (QED) is 0.791. The first kappa shape index (κ1) is 17.3. The number of carbonyl (C=O) groups is 1. The van der Waals surface area contributed by atoms with Gasteiger partial charge in [0.2, 0.25) is 0 Å². The standard InChI is InChI=1S/C17H24ClN3O3/c1-2-23-16-7-15(19)14(18)6-13(16)17(22)20-8-12-9-21-5-3-4-11(21)10-24-12/h6-7,11-12H,2-5,8-10,19H2,1H3,(H,20,22)/t11-,12+/m0/s1. The molecule has 0 saturated carbocycles. The van der Waals surface area contributed by atoms with E-state index < -0.39 is 0 Å². The molecule has 0 aromatic heterocycles. The molecular weight excluding hydrogens is 330 g/mol. The largest absolute Gasteiger partial charge is 0.493 e. The molecule has 2 saturated heterocycles. The second-order valence-electron chi connectivity index (χ2n) is 6.26. The van der Waals surface area contributed by atoms with Crippen LogP contribution >= 0.6 is 11.6 Å². The second-order valence-corrected chi connectivity index (χ2v) is 6.67. The Hall–Kier alpha value is -1.50. The highest BCUT2D eigenvalue weighted by atomic mass is 35.5. The first-order valence-corrected chi connectivity index (χ1v) is 8.82. The number of nitrogens with zero attached hydrogens (tertiary/aromatic N) is 1. The van der Waals surface area contributed by atoms with Crippen molar-refractivity contribution in [3.05, 3.63) is 22.7 Å². The van der Waals surface area contributed by atoms with Crippen molar-refractivity contribution in [1.82, 2.24) is 10.2 Å². The van der Waals surface area contributed by atoms with E-state index >= 15 is 0 Å². The van der Waals surface area contributed by atoms with Gasteiger partial charge in [0.25, 0.3) is 5.91 Å². The Morgan fingerprint density at radius 2 is 2.38 bits per heavy atom. The third kappa shape index (κ3) is 3.77. The van der Waals surface area contributed by atoms with Gasteiger partial charge in [-0.05, 0) is 32.4 Å². The van der Waals surface area contributed by atoms with Gasteiger partial charge in [-0.2, -0.15) is 0 Å². The highest BCUT2D eigenvalue weighted by molar-refractivity contribution is 6.33. The van der Waals surface area contributed by atoms with E-state index in [-0.39, 0.29) is 12.0 Å². The number of nitrogens with two attached hydrogens (primary N) is 1. The summed E-state index contributed by atoms with van der Waals surface area (Å²) < 4.78 is 11.4. The van der Waals surface area contributed by atoms with Crippen LogP contribution in [0.15, 0.2) is 12.1 Å². The van der Waals surface area contributed by atoms with Crippen LogP contribution in [0.1, 0.15) is 30.1 Å². The number of nitrogens with one attached hydrogen (secondary N) is 1. The van der Waals surface area contributed by atoms with Gasteiger partial charge in [-0.1, -0.05) is 11.6 Å². The van der Waals surface area contributed by atoms with Gasteiger partial charge in [-0.25, -0.2) is 0 Å². The van der Waals surface area contributed by atoms with Gasteiger partial charge in [0.1, 0.15) is 5.75 Å². The summed E-state index contributed by atoms with van der Waals surface area (Å²) in [5, 5.41) is 3.27. The minimum atomic E-state index is -0.229. The number of anilines is 1. The Kier molecular flexibility index (Phi) is 5.48. The molecule has 2 fully saturated rings. The molecule has 24 heavy (non-hydrogen) atoms. The van der Waals surface area contributed by atoms with Gasteiger partial charge < -0.3 is 20.5 Å². The highest BCUT2D eigenvalue weighted by Gasteiger charge is 2.32. The fourth-order valence-electron chi connectivity index (χ4n) is 3.33. The number of carbonyl (C=O) groups excluding carboxylic acids is 1. The summed E-state index contributed by atoms with van der Waals surface area (Å²) in [5.74, 6) is 0.216. The summed E-state index contributed by atoms with van der Waals surface area (Å²) >= 11 is 6.05. The molecule has 2 aliphatic heterocycles. The summed E-state index contributed by atoms with van der Waals surface area (Å²) in [5.41, 5.74) is 6.58. The Bertz CT molecular complexity index is 611. The highest BCUT2D eigenvalue weighted by Crippen LogP contribution is 2.29. The van der Waals surface area contributed by atoms with Crippen molar-refractivity contribution in [3.8, 4) is 5.75 Å². The smallest absolute Gasteiger partial charge is 0.255 e. The van der Waals surface area contributed by atoms with E-state index in [9.17, 15) is 4.79 Å². The number of rotatable bonds is 5. The van der Waals surface area contributed by atoms with Crippen molar-refractivity contribution < 1.29 is 14.3 Å². The lowest BCUT2D eigenvalue weighted by atomic mass is 10.1. The van der Waals surface area contributed by atoms with Crippen molar-refractivity contribution in [2.24, 2.45) is 0 Å². The Morgan fingerprint density at radius 1 is 1.54 bits per heavy atom. The molecular formula is C17H24ClN3O3. The SMILES string of the molecule is CCOc1cc(N)c(Cl)cc1C(=O)NC[C@@H]1CN2CCC[C@H]2CO1. The fourth-order valence-corrected chi connectivity index (χ4v) is 3.50. The minimum Gasteiger partial charge on any atom is -0.493 e. The molecule has 2 aliphatic rings. The van der Waals surface area contributed by atoms with Crippen LogP contribution in [0.3, 0.4) is 0 Å². The number of hydrogen-bond acceptors (Lipinski definition) is 5.